The van der Waals surface area contributed by atoms with Crippen molar-refractivity contribution >= 4 is 56.8 Å². The van der Waals surface area contributed by atoms with Crippen molar-refractivity contribution in [2.45, 2.75) is 37.1 Å². The summed E-state index contributed by atoms with van der Waals surface area (Å²) in [5, 5.41) is 3.26. The summed E-state index contributed by atoms with van der Waals surface area (Å²) in [6, 6.07) is 12.9. The Kier molecular flexibility index (Phi) is 7.24. The van der Waals surface area contributed by atoms with Crippen molar-refractivity contribution in [2.75, 3.05) is 23.4 Å². The molecule has 33 heavy (non-hydrogen) atoms. The first-order chi connectivity index (χ1) is 15.9. The van der Waals surface area contributed by atoms with E-state index in [1.54, 1.807) is 48.5 Å². The molecule has 0 aromatic heterocycles. The predicted molar refractivity (Wildman–Crippen MR) is 131 cm³/mol. The lowest BCUT2D eigenvalue weighted by atomic mass is 9.81. The topological polar surface area (TPSA) is 79.0 Å². The van der Waals surface area contributed by atoms with Crippen LogP contribution in [-0.2, 0) is 9.59 Å². The van der Waals surface area contributed by atoms with E-state index in [-0.39, 0.29) is 29.2 Å². The van der Waals surface area contributed by atoms with E-state index in [4.69, 9.17) is 16.3 Å². The van der Waals surface area contributed by atoms with Gasteiger partial charge in [0, 0.05) is 21.6 Å². The summed E-state index contributed by atoms with van der Waals surface area (Å²) >= 11 is 9.75. The lowest BCUT2D eigenvalue weighted by Gasteiger charge is -2.47. The maximum Gasteiger partial charge on any atom is 0.332 e. The van der Waals surface area contributed by atoms with Crippen LogP contribution in [0.25, 0.3) is 0 Å². The summed E-state index contributed by atoms with van der Waals surface area (Å²) < 4.78 is 5.43. The quantitative estimate of drug-likeness (QED) is 0.524. The van der Waals surface area contributed by atoms with Gasteiger partial charge in [0.1, 0.15) is 12.3 Å². The Labute approximate surface area is 206 Å². The largest absolute Gasteiger partial charge is 0.494 e. The number of benzene rings is 2. The molecule has 4 amide bonds. The second-order valence-electron chi connectivity index (χ2n) is 8.15. The van der Waals surface area contributed by atoms with Crippen molar-refractivity contribution < 1.29 is 19.1 Å². The average Bonchev–Trinajstić information content (AvgIpc) is 2.78. The molecular weight excluding hydrogens is 510 g/mol. The molecule has 2 aromatic rings. The van der Waals surface area contributed by atoms with Crippen LogP contribution in [0.1, 0.15) is 26.2 Å². The van der Waals surface area contributed by atoms with E-state index < -0.39 is 11.9 Å². The van der Waals surface area contributed by atoms with Crippen LogP contribution in [-0.4, -0.2) is 46.8 Å². The van der Waals surface area contributed by atoms with E-state index in [9.17, 15) is 14.4 Å². The van der Waals surface area contributed by atoms with E-state index in [0.29, 0.717) is 41.6 Å². The third-order valence-electron chi connectivity index (χ3n) is 5.95. The number of urea groups is 1. The Morgan fingerprint density at radius 1 is 1.18 bits per heavy atom. The number of alkyl halides is 1. The SMILES string of the molecule is CCOc1ccc(NC(=O)CN2C(=O)N(c3cccc(Cl)c3)C(=O)C3CC(Br)CCC32)cc1. The lowest BCUT2D eigenvalue weighted by molar-refractivity contribution is -0.128. The first kappa shape index (κ1) is 23.6. The third-order valence-corrected chi connectivity index (χ3v) is 7.02. The van der Waals surface area contributed by atoms with Gasteiger partial charge >= 0.3 is 6.03 Å². The Balaban J connectivity index is 1.56. The molecule has 1 N–H and O–H groups in total. The summed E-state index contributed by atoms with van der Waals surface area (Å²) in [4.78, 5) is 42.6. The highest BCUT2D eigenvalue weighted by Gasteiger charge is 2.49. The Morgan fingerprint density at radius 2 is 1.94 bits per heavy atom. The van der Waals surface area contributed by atoms with Crippen LogP contribution in [0.5, 0.6) is 5.75 Å². The summed E-state index contributed by atoms with van der Waals surface area (Å²) in [6.45, 7) is 2.31. The van der Waals surface area contributed by atoms with Gasteiger partial charge in [-0.3, -0.25) is 9.59 Å². The maximum absolute atomic E-state index is 13.5. The van der Waals surface area contributed by atoms with Gasteiger partial charge in [0.15, 0.2) is 0 Å². The summed E-state index contributed by atoms with van der Waals surface area (Å²) in [5.41, 5.74) is 1.01. The molecule has 1 saturated carbocycles. The van der Waals surface area contributed by atoms with Crippen molar-refractivity contribution in [3.05, 3.63) is 53.6 Å². The molecule has 1 aliphatic heterocycles. The highest BCUT2D eigenvalue weighted by molar-refractivity contribution is 9.09. The third kappa shape index (κ3) is 5.17. The fourth-order valence-electron chi connectivity index (χ4n) is 4.47. The minimum Gasteiger partial charge on any atom is -0.494 e. The van der Waals surface area contributed by atoms with Crippen LogP contribution in [0, 0.1) is 5.92 Å². The maximum atomic E-state index is 13.5. The van der Waals surface area contributed by atoms with Gasteiger partial charge in [-0.1, -0.05) is 33.6 Å². The van der Waals surface area contributed by atoms with Gasteiger partial charge in [0.25, 0.3) is 0 Å². The van der Waals surface area contributed by atoms with Crippen molar-refractivity contribution in [2.24, 2.45) is 5.92 Å². The van der Waals surface area contributed by atoms with Crippen LogP contribution in [0.2, 0.25) is 5.02 Å². The minimum atomic E-state index is -0.501. The second-order valence-corrected chi connectivity index (χ2v) is 9.89. The minimum absolute atomic E-state index is 0.148. The molecule has 1 saturated heterocycles. The standard InChI is InChI=1S/C24H25BrClN3O4/c1-2-33-19-9-7-17(8-10-19)27-22(30)14-28-21-11-6-15(25)12-20(21)23(31)29(24(28)32)18-5-3-4-16(26)13-18/h3-5,7-10,13,15,20-21H,2,6,11-12,14H2,1H3,(H,27,30). The highest BCUT2D eigenvalue weighted by Crippen LogP contribution is 2.39. The Hall–Kier alpha value is -2.58. The smallest absolute Gasteiger partial charge is 0.332 e. The van der Waals surface area contributed by atoms with Gasteiger partial charge in [-0.25, -0.2) is 9.69 Å². The van der Waals surface area contributed by atoms with E-state index in [2.05, 4.69) is 21.2 Å². The molecule has 174 valence electrons. The van der Waals surface area contributed by atoms with Gasteiger partial charge in [0.05, 0.1) is 18.2 Å². The number of amides is 4. The molecule has 3 unspecified atom stereocenters. The number of anilines is 2. The van der Waals surface area contributed by atoms with Crippen LogP contribution in [0.15, 0.2) is 48.5 Å². The fraction of sp³-hybridized carbons (Fsp3) is 0.375. The van der Waals surface area contributed by atoms with Crippen LogP contribution in [0.3, 0.4) is 0 Å². The molecule has 0 spiro atoms. The zero-order chi connectivity index (χ0) is 23.5. The van der Waals surface area contributed by atoms with Gasteiger partial charge < -0.3 is 15.0 Å². The van der Waals surface area contributed by atoms with Crippen molar-refractivity contribution in [3.63, 3.8) is 0 Å². The molecule has 4 rings (SSSR count). The van der Waals surface area contributed by atoms with Gasteiger partial charge in [0.2, 0.25) is 11.8 Å². The Morgan fingerprint density at radius 3 is 2.64 bits per heavy atom. The number of hydrogen-bond donors (Lipinski definition) is 1. The molecule has 1 aliphatic carbocycles. The van der Waals surface area contributed by atoms with Gasteiger partial charge in [-0.2, -0.15) is 0 Å². The van der Waals surface area contributed by atoms with Crippen molar-refractivity contribution in [1.82, 2.24) is 4.90 Å². The number of fused-ring (bicyclic) bond motifs is 1. The summed E-state index contributed by atoms with van der Waals surface area (Å²) in [5.74, 6) is -0.253. The van der Waals surface area contributed by atoms with Gasteiger partial charge in [-0.15, -0.1) is 0 Å². The number of nitrogens with one attached hydrogen (secondary N) is 1. The van der Waals surface area contributed by atoms with E-state index in [0.717, 1.165) is 11.3 Å². The molecule has 7 nitrogen and oxygen atoms in total. The van der Waals surface area contributed by atoms with E-state index in [1.165, 1.54) is 4.90 Å². The number of rotatable bonds is 6. The van der Waals surface area contributed by atoms with Crippen molar-refractivity contribution in [1.29, 1.82) is 0 Å². The number of nitrogens with zero attached hydrogens (tertiary/aromatic N) is 2. The zero-order valence-electron chi connectivity index (χ0n) is 18.2. The summed E-state index contributed by atoms with van der Waals surface area (Å²) in [7, 11) is 0. The molecule has 2 aromatic carbocycles. The monoisotopic (exact) mass is 533 g/mol. The number of halogens is 2. The fourth-order valence-corrected chi connectivity index (χ4v) is 5.32. The molecule has 1 heterocycles. The van der Waals surface area contributed by atoms with Crippen LogP contribution < -0.4 is 15.0 Å². The molecule has 0 radical (unpaired) electrons. The van der Waals surface area contributed by atoms with Crippen LogP contribution >= 0.6 is 27.5 Å². The molecule has 2 fully saturated rings. The number of carbonyl (C=O) groups excluding carboxylic acids is 3. The van der Waals surface area contributed by atoms with E-state index in [1.807, 2.05) is 6.92 Å². The first-order valence-corrected chi connectivity index (χ1v) is 12.2. The number of hydrogen-bond acceptors (Lipinski definition) is 4. The lowest BCUT2D eigenvalue weighted by Crippen LogP contribution is -2.64. The predicted octanol–water partition coefficient (Wildman–Crippen LogP) is 5.08. The highest BCUT2D eigenvalue weighted by atomic mass is 79.9. The molecule has 3 atom stereocenters. The molecule has 2 aliphatic rings. The number of imide groups is 1. The molecule has 0 bridgehead atoms. The van der Waals surface area contributed by atoms with E-state index >= 15 is 0 Å². The molecule has 9 heteroatoms. The normalized spacial score (nSPS) is 22.7. The first-order valence-electron chi connectivity index (χ1n) is 10.9. The summed E-state index contributed by atoms with van der Waals surface area (Å²) in [6.07, 6.45) is 2.08. The number of ether oxygens (including phenoxy) is 1. The number of carbonyl (C=O) groups is 3. The second kappa shape index (κ2) is 10.1. The Bertz CT molecular complexity index is 1050. The zero-order valence-corrected chi connectivity index (χ0v) is 20.5. The molecular formula is C24H25BrClN3O4. The van der Waals surface area contributed by atoms with Crippen molar-refractivity contribution in [3.8, 4) is 5.75 Å². The van der Waals surface area contributed by atoms with Gasteiger partial charge in [-0.05, 0) is 68.7 Å². The van der Waals surface area contributed by atoms with Crippen LogP contribution in [0.4, 0.5) is 16.2 Å². The average molecular weight is 535 g/mol.